The van der Waals surface area contributed by atoms with Crippen molar-refractivity contribution in [2.24, 2.45) is 0 Å². The average molecular weight is 315 g/mol. The van der Waals surface area contributed by atoms with Crippen molar-refractivity contribution in [1.82, 2.24) is 0 Å². The second kappa shape index (κ2) is 7.05. The quantitative estimate of drug-likeness (QED) is 0.627. The largest absolute Gasteiger partial charge is 0.451 e. The Morgan fingerprint density at radius 3 is 2.00 bits per heavy atom. The molecule has 4 nitrogen and oxygen atoms in total. The zero-order valence-electron chi connectivity index (χ0n) is 13.2. The van der Waals surface area contributed by atoms with Crippen LogP contribution in [0.25, 0.3) is 0 Å². The molecule has 2 aromatic rings. The van der Waals surface area contributed by atoms with E-state index < -0.39 is 17.9 Å². The Hall–Kier alpha value is -2.69. The van der Waals surface area contributed by atoms with Crippen LogP contribution in [0.2, 0.25) is 0 Å². The zero-order chi connectivity index (χ0) is 17.0. The summed E-state index contributed by atoms with van der Waals surface area (Å²) in [6.07, 6.45) is -0.943. The van der Waals surface area contributed by atoms with E-state index >= 15 is 0 Å². The van der Waals surface area contributed by atoms with Gasteiger partial charge in [0.15, 0.2) is 6.10 Å². The summed E-state index contributed by atoms with van der Waals surface area (Å²) in [5, 5.41) is 0. The molecule has 0 aliphatic rings. The lowest BCUT2D eigenvalue weighted by molar-refractivity contribution is 0.0319. The van der Waals surface area contributed by atoms with E-state index in [2.05, 4.69) is 0 Å². The molecule has 23 heavy (non-hydrogen) atoms. The Balaban J connectivity index is 2.04. The van der Waals surface area contributed by atoms with Gasteiger partial charge in [0.1, 0.15) is 5.82 Å². The van der Waals surface area contributed by atoms with Gasteiger partial charge in [-0.3, -0.25) is 4.79 Å². The second-order valence-electron chi connectivity index (χ2n) is 5.36. The average Bonchev–Trinajstić information content (AvgIpc) is 2.54. The summed E-state index contributed by atoms with van der Waals surface area (Å²) in [5.41, 5.74) is 1.63. The molecule has 0 heterocycles. The number of anilines is 1. The van der Waals surface area contributed by atoms with E-state index in [0.717, 1.165) is 5.69 Å². The molecule has 0 amide bonds. The molecule has 0 spiro atoms. The van der Waals surface area contributed by atoms with Crippen molar-refractivity contribution in [2.45, 2.75) is 13.0 Å². The minimum absolute atomic E-state index is 0.301. The molecule has 5 heteroatoms. The number of carbonyl (C=O) groups excluding carboxylic acids is 2. The number of halogens is 1. The van der Waals surface area contributed by atoms with Crippen LogP contribution in [-0.2, 0) is 4.74 Å². The lowest BCUT2D eigenvalue weighted by Gasteiger charge is -2.14. The van der Waals surface area contributed by atoms with E-state index in [-0.39, 0.29) is 5.78 Å². The van der Waals surface area contributed by atoms with Crippen LogP contribution in [0.3, 0.4) is 0 Å². The van der Waals surface area contributed by atoms with Crippen molar-refractivity contribution < 1.29 is 18.7 Å². The summed E-state index contributed by atoms with van der Waals surface area (Å²) in [6.45, 7) is 1.50. The molecule has 0 fully saturated rings. The number of hydrogen-bond acceptors (Lipinski definition) is 4. The van der Waals surface area contributed by atoms with Gasteiger partial charge in [0.05, 0.1) is 5.56 Å². The molecule has 0 bridgehead atoms. The number of nitrogens with zero attached hydrogens (tertiary/aromatic N) is 1. The number of esters is 1. The highest BCUT2D eigenvalue weighted by atomic mass is 19.1. The van der Waals surface area contributed by atoms with Crippen molar-refractivity contribution >= 4 is 17.4 Å². The van der Waals surface area contributed by atoms with E-state index in [1.807, 2.05) is 19.0 Å². The van der Waals surface area contributed by atoms with Crippen LogP contribution in [0.4, 0.5) is 10.1 Å². The van der Waals surface area contributed by atoms with Crippen LogP contribution in [0, 0.1) is 5.82 Å². The van der Waals surface area contributed by atoms with Gasteiger partial charge in [-0.05, 0) is 55.5 Å². The van der Waals surface area contributed by atoms with Crippen LogP contribution in [0.5, 0.6) is 0 Å². The number of rotatable bonds is 5. The van der Waals surface area contributed by atoms with Crippen molar-refractivity contribution in [1.29, 1.82) is 0 Å². The summed E-state index contributed by atoms with van der Waals surface area (Å²) in [6, 6.07) is 12.0. The van der Waals surface area contributed by atoms with Gasteiger partial charge < -0.3 is 9.64 Å². The Morgan fingerprint density at radius 2 is 1.48 bits per heavy atom. The van der Waals surface area contributed by atoms with Crippen LogP contribution in [0.1, 0.15) is 27.6 Å². The number of ether oxygens (including phenoxy) is 1. The van der Waals surface area contributed by atoms with E-state index in [9.17, 15) is 14.0 Å². The molecule has 0 saturated carbocycles. The molecule has 0 saturated heterocycles. The van der Waals surface area contributed by atoms with E-state index in [1.165, 1.54) is 31.2 Å². The van der Waals surface area contributed by atoms with Gasteiger partial charge >= 0.3 is 5.97 Å². The molecule has 2 aromatic carbocycles. The Labute approximate surface area is 134 Å². The predicted octanol–water partition coefficient (Wildman–Crippen LogP) is 3.32. The molecule has 2 rings (SSSR count). The minimum Gasteiger partial charge on any atom is -0.451 e. The van der Waals surface area contributed by atoms with Crippen molar-refractivity contribution in [3.8, 4) is 0 Å². The first-order chi connectivity index (χ1) is 10.9. The number of ketones is 1. The SMILES string of the molecule is C[C@@H](OC(=O)c1ccc(N(C)C)cc1)C(=O)c1ccc(F)cc1. The van der Waals surface area contributed by atoms with E-state index in [1.54, 1.807) is 24.3 Å². The fourth-order valence-corrected chi connectivity index (χ4v) is 2.03. The van der Waals surface area contributed by atoms with Crippen molar-refractivity contribution in [3.63, 3.8) is 0 Å². The third kappa shape index (κ3) is 4.16. The molecule has 0 aliphatic carbocycles. The van der Waals surface area contributed by atoms with Crippen molar-refractivity contribution in [2.75, 3.05) is 19.0 Å². The smallest absolute Gasteiger partial charge is 0.338 e. The highest BCUT2D eigenvalue weighted by Gasteiger charge is 2.20. The third-order valence-corrected chi connectivity index (χ3v) is 3.40. The molecule has 0 N–H and O–H groups in total. The summed E-state index contributed by atoms with van der Waals surface area (Å²) in [7, 11) is 3.80. The molecule has 1 atom stereocenters. The molecular weight excluding hydrogens is 297 g/mol. The normalized spacial score (nSPS) is 11.7. The minimum atomic E-state index is -0.943. The Kier molecular flexibility index (Phi) is 5.11. The summed E-state index contributed by atoms with van der Waals surface area (Å²) < 4.78 is 18.1. The van der Waals surface area contributed by atoms with E-state index in [4.69, 9.17) is 4.74 Å². The Bertz CT molecular complexity index is 693. The van der Waals surface area contributed by atoms with Gasteiger partial charge in [0.25, 0.3) is 0 Å². The van der Waals surface area contributed by atoms with Crippen LogP contribution < -0.4 is 4.90 Å². The molecule has 120 valence electrons. The fourth-order valence-electron chi connectivity index (χ4n) is 2.03. The first kappa shape index (κ1) is 16.7. The molecule has 0 radical (unpaired) electrons. The summed E-state index contributed by atoms with van der Waals surface area (Å²) in [5.74, 6) is -1.37. The zero-order valence-corrected chi connectivity index (χ0v) is 13.2. The second-order valence-corrected chi connectivity index (χ2v) is 5.36. The van der Waals surface area contributed by atoms with Crippen molar-refractivity contribution in [3.05, 3.63) is 65.5 Å². The topological polar surface area (TPSA) is 46.6 Å². The monoisotopic (exact) mass is 315 g/mol. The number of hydrogen-bond donors (Lipinski definition) is 0. The lowest BCUT2D eigenvalue weighted by Crippen LogP contribution is -2.24. The predicted molar refractivity (Wildman–Crippen MR) is 86.4 cm³/mol. The first-order valence-electron chi connectivity index (χ1n) is 7.16. The fraction of sp³-hybridized carbons (Fsp3) is 0.222. The Morgan fingerprint density at radius 1 is 0.957 bits per heavy atom. The highest BCUT2D eigenvalue weighted by molar-refractivity contribution is 6.01. The lowest BCUT2D eigenvalue weighted by atomic mass is 10.1. The van der Waals surface area contributed by atoms with Gasteiger partial charge in [-0.1, -0.05) is 0 Å². The summed E-state index contributed by atoms with van der Waals surface area (Å²) >= 11 is 0. The van der Waals surface area contributed by atoms with E-state index in [0.29, 0.717) is 11.1 Å². The molecular formula is C18H18FNO3. The highest BCUT2D eigenvalue weighted by Crippen LogP contribution is 2.15. The van der Waals surface area contributed by atoms with Gasteiger partial charge in [-0.25, -0.2) is 9.18 Å². The van der Waals surface area contributed by atoms with Gasteiger partial charge in [0.2, 0.25) is 5.78 Å². The van der Waals surface area contributed by atoms with Gasteiger partial charge in [0, 0.05) is 25.3 Å². The number of benzene rings is 2. The maximum Gasteiger partial charge on any atom is 0.338 e. The standard InChI is InChI=1S/C18H18FNO3/c1-12(17(21)13-4-8-15(19)9-5-13)23-18(22)14-6-10-16(11-7-14)20(2)3/h4-12H,1-3H3/t12-/m1/s1. The molecule has 0 unspecified atom stereocenters. The summed E-state index contributed by atoms with van der Waals surface area (Å²) in [4.78, 5) is 26.2. The maximum atomic E-state index is 12.9. The van der Waals surface area contributed by atoms with Gasteiger partial charge in [-0.15, -0.1) is 0 Å². The van der Waals surface area contributed by atoms with Crippen LogP contribution in [0.15, 0.2) is 48.5 Å². The number of Topliss-reactive ketones (excluding diaryl/α,β-unsaturated/α-hetero) is 1. The van der Waals surface area contributed by atoms with Crippen LogP contribution in [-0.4, -0.2) is 32.0 Å². The van der Waals surface area contributed by atoms with Gasteiger partial charge in [-0.2, -0.15) is 0 Å². The maximum absolute atomic E-state index is 12.9. The van der Waals surface area contributed by atoms with Crippen LogP contribution >= 0.6 is 0 Å². The first-order valence-corrected chi connectivity index (χ1v) is 7.16. The molecule has 0 aromatic heterocycles. The third-order valence-electron chi connectivity index (χ3n) is 3.40. The molecule has 0 aliphatic heterocycles. The number of carbonyl (C=O) groups is 2.